The summed E-state index contributed by atoms with van der Waals surface area (Å²) < 4.78 is 0. The quantitative estimate of drug-likeness (QED) is 0.182. The molecule has 3 aliphatic carbocycles. The lowest BCUT2D eigenvalue weighted by atomic mass is 9.73. The maximum absolute atomic E-state index is 2.50. The van der Waals surface area contributed by atoms with Gasteiger partial charge in [-0.2, -0.15) is 0 Å². The van der Waals surface area contributed by atoms with E-state index in [1.807, 2.05) is 0 Å². The van der Waals surface area contributed by atoms with Gasteiger partial charge in [0.05, 0.1) is 11.1 Å². The molecule has 0 fully saturated rings. The molecule has 0 bridgehead atoms. The van der Waals surface area contributed by atoms with E-state index in [1.54, 1.807) is 0 Å². The van der Waals surface area contributed by atoms with Gasteiger partial charge < -0.3 is 4.90 Å². The number of nitrogens with zero attached hydrogens (tertiary/aromatic N) is 1. The maximum atomic E-state index is 2.50. The minimum absolute atomic E-state index is 0.332. The number of fused-ring (bicyclic) bond motifs is 5. The van der Waals surface area contributed by atoms with Gasteiger partial charge in [-0.05, 0) is 103 Å². The lowest BCUT2D eigenvalue weighted by Crippen LogP contribution is -2.23. The van der Waals surface area contributed by atoms with Crippen LogP contribution in [-0.2, 0) is 5.41 Å². The summed E-state index contributed by atoms with van der Waals surface area (Å²) in [5.74, 6) is 0. The van der Waals surface area contributed by atoms with Crippen LogP contribution in [0.15, 0.2) is 188 Å². The second-order valence-electron chi connectivity index (χ2n) is 13.6. The normalized spacial score (nSPS) is 15.3. The Morgan fingerprint density at radius 2 is 0.780 bits per heavy atom. The van der Waals surface area contributed by atoms with Crippen molar-refractivity contribution >= 4 is 17.1 Å². The van der Waals surface area contributed by atoms with Crippen molar-refractivity contribution in [1.29, 1.82) is 0 Å². The standard InChI is InChI=1S/C49H31N/c1-3-13-32(14-4-1)33-25-27-35(28-26-33)50(46-24-10-8-17-37(46)34-15-5-2-6-16-34)36-29-30-39-41-20-12-22-43-42-21-11-19-40-38-18-7-9-23-44(38)49(47(40)42,48(41)43)45(39)31-36/h1-31H. The predicted molar refractivity (Wildman–Crippen MR) is 207 cm³/mol. The highest BCUT2D eigenvalue weighted by Crippen LogP contribution is 2.70. The van der Waals surface area contributed by atoms with E-state index < -0.39 is 0 Å². The number of hydrogen-bond donors (Lipinski definition) is 0. The highest BCUT2D eigenvalue weighted by Gasteiger charge is 2.57. The Labute approximate surface area is 292 Å². The Bertz CT molecular complexity index is 2600. The molecule has 1 heteroatoms. The van der Waals surface area contributed by atoms with E-state index in [9.17, 15) is 0 Å². The molecule has 0 N–H and O–H groups in total. The number of benzene rings is 8. The van der Waals surface area contributed by atoms with Crippen molar-refractivity contribution in [2.45, 2.75) is 5.41 Å². The lowest BCUT2D eigenvalue weighted by Gasteiger charge is -2.31. The molecular formula is C49H31N. The minimum atomic E-state index is -0.332. The average molecular weight is 634 g/mol. The van der Waals surface area contributed by atoms with E-state index >= 15 is 0 Å². The molecule has 11 rings (SSSR count). The molecular weight excluding hydrogens is 603 g/mol. The third-order valence-electron chi connectivity index (χ3n) is 11.2. The van der Waals surface area contributed by atoms with Crippen LogP contribution in [0.5, 0.6) is 0 Å². The predicted octanol–water partition coefficient (Wildman–Crippen LogP) is 12.8. The molecule has 0 amide bonds. The van der Waals surface area contributed by atoms with Gasteiger partial charge in [0, 0.05) is 16.9 Å². The molecule has 0 aliphatic heterocycles. The second-order valence-corrected chi connectivity index (χ2v) is 13.6. The Kier molecular flexibility index (Phi) is 5.66. The van der Waals surface area contributed by atoms with Crippen LogP contribution in [0.3, 0.4) is 0 Å². The first kappa shape index (κ1) is 27.5. The van der Waals surface area contributed by atoms with Gasteiger partial charge in [-0.25, -0.2) is 0 Å². The Morgan fingerprint density at radius 3 is 1.46 bits per heavy atom. The molecule has 8 aromatic carbocycles. The summed E-state index contributed by atoms with van der Waals surface area (Å²) in [5.41, 5.74) is 21.7. The van der Waals surface area contributed by atoms with E-state index in [2.05, 4.69) is 193 Å². The number of para-hydroxylation sites is 1. The van der Waals surface area contributed by atoms with Crippen LogP contribution in [0, 0.1) is 0 Å². The summed E-state index contributed by atoms with van der Waals surface area (Å²) >= 11 is 0. The molecule has 1 spiro atoms. The summed E-state index contributed by atoms with van der Waals surface area (Å²) in [6.45, 7) is 0. The minimum Gasteiger partial charge on any atom is -0.310 e. The fourth-order valence-corrected chi connectivity index (χ4v) is 9.27. The first-order chi connectivity index (χ1) is 24.8. The zero-order valence-electron chi connectivity index (χ0n) is 27.3. The summed E-state index contributed by atoms with van der Waals surface area (Å²) in [4.78, 5) is 2.46. The highest BCUT2D eigenvalue weighted by atomic mass is 15.1. The van der Waals surface area contributed by atoms with Gasteiger partial charge in [-0.1, -0.05) is 158 Å². The van der Waals surface area contributed by atoms with Crippen LogP contribution in [0.2, 0.25) is 0 Å². The zero-order valence-corrected chi connectivity index (χ0v) is 27.3. The van der Waals surface area contributed by atoms with Gasteiger partial charge in [-0.15, -0.1) is 0 Å². The van der Waals surface area contributed by atoms with E-state index in [0.717, 1.165) is 17.1 Å². The van der Waals surface area contributed by atoms with Gasteiger partial charge in [0.2, 0.25) is 0 Å². The smallest absolute Gasteiger partial charge is 0.0738 e. The van der Waals surface area contributed by atoms with Crippen LogP contribution in [0.25, 0.3) is 55.6 Å². The van der Waals surface area contributed by atoms with Crippen LogP contribution >= 0.6 is 0 Å². The molecule has 1 atom stereocenters. The fourth-order valence-electron chi connectivity index (χ4n) is 9.27. The molecule has 0 saturated carbocycles. The molecule has 0 heterocycles. The van der Waals surface area contributed by atoms with Gasteiger partial charge >= 0.3 is 0 Å². The molecule has 1 unspecified atom stereocenters. The van der Waals surface area contributed by atoms with Crippen molar-refractivity contribution in [3.05, 3.63) is 210 Å². The largest absolute Gasteiger partial charge is 0.310 e. The molecule has 8 aromatic rings. The van der Waals surface area contributed by atoms with Gasteiger partial charge in [0.25, 0.3) is 0 Å². The second kappa shape index (κ2) is 10.3. The number of anilines is 3. The topological polar surface area (TPSA) is 3.24 Å². The van der Waals surface area contributed by atoms with E-state index in [1.165, 1.54) is 77.9 Å². The van der Waals surface area contributed by atoms with Gasteiger partial charge in [0.1, 0.15) is 0 Å². The van der Waals surface area contributed by atoms with Crippen LogP contribution in [0.1, 0.15) is 22.3 Å². The maximum Gasteiger partial charge on any atom is 0.0738 e. The number of hydrogen-bond acceptors (Lipinski definition) is 1. The first-order valence-corrected chi connectivity index (χ1v) is 17.4. The molecule has 0 saturated heterocycles. The Balaban J connectivity index is 1.18. The van der Waals surface area contributed by atoms with Crippen molar-refractivity contribution < 1.29 is 0 Å². The van der Waals surface area contributed by atoms with Crippen molar-refractivity contribution in [3.63, 3.8) is 0 Å². The lowest BCUT2D eigenvalue weighted by molar-refractivity contribution is 0.818. The molecule has 50 heavy (non-hydrogen) atoms. The molecule has 0 aromatic heterocycles. The third kappa shape index (κ3) is 3.56. The summed E-state index contributed by atoms with van der Waals surface area (Å²) in [6, 6.07) is 69.4. The summed E-state index contributed by atoms with van der Waals surface area (Å²) in [5, 5.41) is 0. The SMILES string of the molecule is c1ccc(-c2ccc(N(c3ccc4c(c3)C35c6ccccc6-c6cccc(c63)-c3cccc-4c35)c3ccccc3-c3ccccc3)cc2)cc1. The number of rotatable bonds is 5. The van der Waals surface area contributed by atoms with Crippen LogP contribution in [0.4, 0.5) is 17.1 Å². The van der Waals surface area contributed by atoms with E-state index in [4.69, 9.17) is 0 Å². The zero-order chi connectivity index (χ0) is 32.8. The monoisotopic (exact) mass is 633 g/mol. The van der Waals surface area contributed by atoms with Crippen LogP contribution in [-0.4, -0.2) is 0 Å². The van der Waals surface area contributed by atoms with Crippen molar-refractivity contribution in [2.75, 3.05) is 4.90 Å². The van der Waals surface area contributed by atoms with Crippen molar-refractivity contribution in [3.8, 4) is 55.6 Å². The van der Waals surface area contributed by atoms with E-state index in [-0.39, 0.29) is 5.41 Å². The van der Waals surface area contributed by atoms with E-state index in [0.29, 0.717) is 0 Å². The van der Waals surface area contributed by atoms with Gasteiger partial charge in [-0.3, -0.25) is 0 Å². The summed E-state index contributed by atoms with van der Waals surface area (Å²) in [7, 11) is 0. The molecule has 3 aliphatic rings. The average Bonchev–Trinajstić information content (AvgIpc) is 3.79. The van der Waals surface area contributed by atoms with Crippen molar-refractivity contribution in [2.24, 2.45) is 0 Å². The van der Waals surface area contributed by atoms with Crippen molar-refractivity contribution in [1.82, 2.24) is 0 Å². The molecule has 0 radical (unpaired) electrons. The molecule has 232 valence electrons. The molecule has 1 nitrogen and oxygen atoms in total. The first-order valence-electron chi connectivity index (χ1n) is 17.4. The Hall–Kier alpha value is -6.44. The summed E-state index contributed by atoms with van der Waals surface area (Å²) in [6.07, 6.45) is 0. The highest BCUT2D eigenvalue weighted by molar-refractivity contribution is 6.06. The van der Waals surface area contributed by atoms with Crippen LogP contribution < -0.4 is 4.90 Å². The van der Waals surface area contributed by atoms with Gasteiger partial charge in [0.15, 0.2) is 0 Å². The Morgan fingerprint density at radius 1 is 0.300 bits per heavy atom. The third-order valence-corrected chi connectivity index (χ3v) is 11.2. The fraction of sp³-hybridized carbons (Fsp3) is 0.0204.